The van der Waals surface area contributed by atoms with Crippen LogP contribution in [0.15, 0.2) is 35.2 Å². The fourth-order valence-electron chi connectivity index (χ4n) is 6.69. The molecule has 1 saturated carbocycles. The Morgan fingerprint density at radius 1 is 1.38 bits per heavy atom. The lowest BCUT2D eigenvalue weighted by Crippen LogP contribution is -2.56. The van der Waals surface area contributed by atoms with Crippen LogP contribution in [0.5, 0.6) is 0 Å². The predicted octanol–water partition coefficient (Wildman–Crippen LogP) is 2.03. The van der Waals surface area contributed by atoms with Gasteiger partial charge in [-0.3, -0.25) is 0 Å². The van der Waals surface area contributed by atoms with Gasteiger partial charge in [0.05, 0.1) is 11.3 Å². The maximum absolute atomic E-state index is 11.2. The van der Waals surface area contributed by atoms with E-state index in [1.54, 1.807) is 6.20 Å². The summed E-state index contributed by atoms with van der Waals surface area (Å²) in [6.45, 7) is 5.07. The van der Waals surface area contributed by atoms with E-state index in [4.69, 9.17) is 5.10 Å². The molecule has 0 amide bonds. The molecule has 1 fully saturated rings. The Kier molecular flexibility index (Phi) is 3.64. The summed E-state index contributed by atoms with van der Waals surface area (Å²) in [5.74, 6) is 1.42. The zero-order valence-electron chi connectivity index (χ0n) is 17.0. The van der Waals surface area contributed by atoms with Gasteiger partial charge in [0, 0.05) is 41.3 Å². The summed E-state index contributed by atoms with van der Waals surface area (Å²) in [5, 5.41) is 28.4. The fourth-order valence-corrected chi connectivity index (χ4v) is 6.69. The minimum Gasteiger partial charge on any atom is -0.428 e. The third-order valence-corrected chi connectivity index (χ3v) is 7.65. The Balaban J connectivity index is 1.54. The molecule has 3 N–H and O–H groups in total. The summed E-state index contributed by atoms with van der Waals surface area (Å²) < 4.78 is 0. The van der Waals surface area contributed by atoms with Gasteiger partial charge in [-0.2, -0.15) is 5.10 Å². The highest BCUT2D eigenvalue weighted by atomic mass is 16.3. The van der Waals surface area contributed by atoms with Gasteiger partial charge in [0.15, 0.2) is 0 Å². The Labute approximate surface area is 170 Å². The zero-order valence-corrected chi connectivity index (χ0v) is 17.0. The van der Waals surface area contributed by atoms with Gasteiger partial charge in [-0.25, -0.2) is 4.98 Å². The third kappa shape index (κ3) is 2.31. The number of nitrogens with one attached hydrogen (secondary N) is 1. The molecule has 150 valence electrons. The summed E-state index contributed by atoms with van der Waals surface area (Å²) in [6.07, 6.45) is 9.76. The van der Waals surface area contributed by atoms with Crippen molar-refractivity contribution in [3.8, 4) is 0 Å². The van der Waals surface area contributed by atoms with Gasteiger partial charge >= 0.3 is 7.05 Å². The Morgan fingerprint density at radius 3 is 3.03 bits per heavy atom. The van der Waals surface area contributed by atoms with Crippen LogP contribution in [0.3, 0.4) is 0 Å². The zero-order chi connectivity index (χ0) is 19.9. The molecule has 1 aliphatic heterocycles. The molecule has 6 rings (SSSR count). The number of aromatic amines is 1. The minimum absolute atomic E-state index is 0.248. The minimum atomic E-state index is -0.768. The Hall–Kier alpha value is -2.12. The lowest BCUT2D eigenvalue weighted by atomic mass is 9.57. The molecule has 29 heavy (non-hydrogen) atoms. The lowest BCUT2D eigenvalue weighted by molar-refractivity contribution is -0.0173. The summed E-state index contributed by atoms with van der Waals surface area (Å²) in [5.41, 5.74) is 4.44. The van der Waals surface area contributed by atoms with Gasteiger partial charge in [-0.1, -0.05) is 19.9 Å². The van der Waals surface area contributed by atoms with Crippen LogP contribution in [0.25, 0.3) is 11.0 Å². The van der Waals surface area contributed by atoms with E-state index in [1.165, 1.54) is 5.57 Å². The number of nitrogens with zero attached hydrogens (tertiary/aromatic N) is 3. The summed E-state index contributed by atoms with van der Waals surface area (Å²) >= 11 is 0. The van der Waals surface area contributed by atoms with Crippen molar-refractivity contribution in [3.05, 3.63) is 35.7 Å². The molecule has 2 aromatic rings. The highest BCUT2D eigenvalue weighted by Crippen LogP contribution is 2.59. The SMILES string of the molecule is CCCN1N=C([C@H]2[C@H](C)C[C@]3(O)CC4C=C3[C@@H]2C4)c2c(cnc3[nH]ccc23)B1O. The number of aromatic nitrogens is 2. The van der Waals surface area contributed by atoms with E-state index in [1.807, 2.05) is 17.2 Å². The smallest absolute Gasteiger partial charge is 0.428 e. The number of allylic oxidation sites excluding steroid dienone is 1. The summed E-state index contributed by atoms with van der Waals surface area (Å²) in [7, 11) is -0.768. The molecule has 0 spiro atoms. The fraction of sp³-hybridized carbons (Fsp3) is 0.545. The molecule has 2 aromatic heterocycles. The maximum Gasteiger partial charge on any atom is 0.468 e. The predicted molar refractivity (Wildman–Crippen MR) is 114 cm³/mol. The second-order valence-electron chi connectivity index (χ2n) is 9.52. The molecule has 7 heteroatoms. The Bertz CT molecular complexity index is 1060. The molecule has 5 atom stereocenters. The number of fused-ring (bicyclic) bond motifs is 4. The average molecular weight is 390 g/mol. The molecule has 0 aromatic carbocycles. The van der Waals surface area contributed by atoms with Crippen LogP contribution in [0.4, 0.5) is 0 Å². The van der Waals surface area contributed by atoms with E-state index in [9.17, 15) is 10.1 Å². The topological polar surface area (TPSA) is 84.7 Å². The molecule has 3 heterocycles. The second-order valence-corrected chi connectivity index (χ2v) is 9.52. The first-order valence-electron chi connectivity index (χ1n) is 10.9. The van der Waals surface area contributed by atoms with E-state index in [0.717, 1.165) is 53.5 Å². The highest BCUT2D eigenvalue weighted by Gasteiger charge is 2.57. The van der Waals surface area contributed by atoms with Crippen LogP contribution in [0.1, 0.15) is 45.1 Å². The van der Waals surface area contributed by atoms with Crippen LogP contribution in [0, 0.1) is 23.7 Å². The van der Waals surface area contributed by atoms with Gasteiger partial charge < -0.3 is 20.0 Å². The van der Waals surface area contributed by atoms with E-state index in [-0.39, 0.29) is 5.92 Å². The Morgan fingerprint density at radius 2 is 2.24 bits per heavy atom. The number of hydrogen-bond donors (Lipinski definition) is 3. The van der Waals surface area contributed by atoms with Crippen molar-refractivity contribution in [2.75, 3.05) is 6.54 Å². The molecular formula is C22H27BN4O2. The first kappa shape index (κ1) is 17.7. The van der Waals surface area contributed by atoms with E-state index in [2.05, 4.69) is 29.9 Å². The summed E-state index contributed by atoms with van der Waals surface area (Å²) in [4.78, 5) is 9.58. The first-order chi connectivity index (χ1) is 14.0. The molecule has 1 unspecified atom stereocenters. The van der Waals surface area contributed by atoms with Crippen LogP contribution in [-0.2, 0) is 0 Å². The largest absolute Gasteiger partial charge is 0.468 e. The van der Waals surface area contributed by atoms with Gasteiger partial charge in [-0.15, -0.1) is 0 Å². The maximum atomic E-state index is 11.2. The van der Waals surface area contributed by atoms with Crippen molar-refractivity contribution in [2.24, 2.45) is 28.8 Å². The molecular weight excluding hydrogens is 363 g/mol. The molecule has 6 nitrogen and oxygen atoms in total. The standard InChI is InChI=1S/C22H27BN4O2/c1-3-6-27-23(29)17-11-25-21-14(4-5-24-21)19(17)20(26-27)18-12(2)9-22(28)10-13-7-15(18)16(22)8-13/h4-5,8,11-13,15,18,28-29H,3,6-7,9-10H2,1-2H3,(H,24,25)/t12-,13?,15+,18+,22+/m1/s1. The molecule has 3 aliphatic carbocycles. The highest BCUT2D eigenvalue weighted by molar-refractivity contribution is 6.66. The second kappa shape index (κ2) is 5.95. The van der Waals surface area contributed by atoms with E-state index < -0.39 is 12.7 Å². The first-order valence-corrected chi connectivity index (χ1v) is 10.9. The number of hydrazone groups is 1. The number of H-pyrrole nitrogens is 1. The normalized spacial score (nSPS) is 35.2. The lowest BCUT2D eigenvalue weighted by Gasteiger charge is -2.49. The van der Waals surface area contributed by atoms with Gasteiger partial charge in [-0.05, 0) is 55.1 Å². The van der Waals surface area contributed by atoms with Crippen LogP contribution in [-0.4, -0.2) is 49.9 Å². The van der Waals surface area contributed by atoms with Crippen molar-refractivity contribution in [2.45, 2.75) is 45.1 Å². The molecule has 0 radical (unpaired) electrons. The van der Waals surface area contributed by atoms with Crippen molar-refractivity contribution in [1.29, 1.82) is 0 Å². The number of pyridine rings is 1. The van der Waals surface area contributed by atoms with E-state index >= 15 is 0 Å². The van der Waals surface area contributed by atoms with Gasteiger partial charge in [0.1, 0.15) is 5.65 Å². The van der Waals surface area contributed by atoms with Crippen molar-refractivity contribution < 1.29 is 10.1 Å². The van der Waals surface area contributed by atoms with Crippen molar-refractivity contribution in [1.82, 2.24) is 14.9 Å². The van der Waals surface area contributed by atoms with Gasteiger partial charge in [0.2, 0.25) is 0 Å². The molecule has 2 bridgehead atoms. The quantitative estimate of drug-likeness (QED) is 0.553. The summed E-state index contributed by atoms with van der Waals surface area (Å²) in [6, 6.07) is 2.04. The van der Waals surface area contributed by atoms with Crippen LogP contribution in [0.2, 0.25) is 0 Å². The van der Waals surface area contributed by atoms with E-state index in [0.29, 0.717) is 24.3 Å². The number of hydrogen-bond acceptors (Lipinski definition) is 5. The van der Waals surface area contributed by atoms with Crippen molar-refractivity contribution >= 4 is 29.3 Å². The molecule has 0 saturated heterocycles. The molecule has 4 aliphatic rings. The number of aliphatic hydroxyl groups is 1. The third-order valence-electron chi connectivity index (χ3n) is 7.65. The van der Waals surface area contributed by atoms with Crippen LogP contribution >= 0.6 is 0 Å². The van der Waals surface area contributed by atoms with Gasteiger partial charge in [0.25, 0.3) is 0 Å². The number of rotatable bonds is 3. The van der Waals surface area contributed by atoms with Crippen molar-refractivity contribution in [3.63, 3.8) is 0 Å². The monoisotopic (exact) mass is 390 g/mol. The average Bonchev–Trinajstić information content (AvgIpc) is 3.38. The van der Waals surface area contributed by atoms with Crippen LogP contribution < -0.4 is 5.46 Å².